The smallest absolute Gasteiger partial charge is 0.338 e. The molecule has 0 fully saturated rings. The van der Waals surface area contributed by atoms with Gasteiger partial charge in [-0.25, -0.2) is 4.79 Å². The normalized spacial score (nSPS) is 9.30. The van der Waals surface area contributed by atoms with Crippen molar-refractivity contribution < 1.29 is 4.42 Å². The van der Waals surface area contributed by atoms with Gasteiger partial charge in [0.15, 0.2) is 3.77 Å². The van der Waals surface area contributed by atoms with E-state index in [2.05, 4.69) is 9.59 Å². The summed E-state index contributed by atoms with van der Waals surface area (Å²) < 4.78 is 4.91. The van der Waals surface area contributed by atoms with Crippen LogP contribution in [-0.2, 0) is 0 Å². The summed E-state index contributed by atoms with van der Waals surface area (Å²) in [7, 11) is 0. The van der Waals surface area contributed by atoms with Crippen molar-refractivity contribution >= 4 is 28.3 Å². The summed E-state index contributed by atoms with van der Waals surface area (Å²) in [4.78, 5) is 20.4. The van der Waals surface area contributed by atoms with Gasteiger partial charge in [0, 0.05) is 6.07 Å². The number of nitroso groups, excluding NO2 is 1. The van der Waals surface area contributed by atoms with Gasteiger partial charge < -0.3 is 4.42 Å². The molecule has 0 aliphatic rings. The largest absolute Gasteiger partial charge is 0.417 e. The molecule has 0 spiro atoms. The SMILES string of the molecule is O=Nc1cc(I)oc(=O)c1. The lowest BCUT2D eigenvalue weighted by Gasteiger charge is -1.86. The van der Waals surface area contributed by atoms with Crippen LogP contribution >= 0.6 is 22.6 Å². The predicted octanol–water partition coefficient (Wildman–Crippen LogP) is 1.64. The summed E-state index contributed by atoms with van der Waals surface area (Å²) in [6.45, 7) is 0. The van der Waals surface area contributed by atoms with Gasteiger partial charge in [0.05, 0.1) is 6.07 Å². The van der Waals surface area contributed by atoms with E-state index in [1.54, 1.807) is 22.6 Å². The molecule has 0 aliphatic carbocycles. The maximum atomic E-state index is 10.5. The third-order valence-corrected chi connectivity index (χ3v) is 1.36. The predicted molar refractivity (Wildman–Crippen MR) is 43.1 cm³/mol. The highest BCUT2D eigenvalue weighted by molar-refractivity contribution is 14.1. The first-order valence-electron chi connectivity index (χ1n) is 2.36. The van der Waals surface area contributed by atoms with Crippen LogP contribution in [0.3, 0.4) is 0 Å². The first-order chi connectivity index (χ1) is 4.72. The van der Waals surface area contributed by atoms with E-state index in [1.165, 1.54) is 6.07 Å². The summed E-state index contributed by atoms with van der Waals surface area (Å²) >= 11 is 1.79. The van der Waals surface area contributed by atoms with Gasteiger partial charge >= 0.3 is 5.63 Å². The van der Waals surface area contributed by atoms with Gasteiger partial charge in [-0.15, -0.1) is 4.91 Å². The Morgan fingerprint density at radius 1 is 1.50 bits per heavy atom. The van der Waals surface area contributed by atoms with Crippen LogP contribution in [0.2, 0.25) is 0 Å². The van der Waals surface area contributed by atoms with Crippen LogP contribution in [0.15, 0.2) is 26.5 Å². The minimum Gasteiger partial charge on any atom is -0.417 e. The van der Waals surface area contributed by atoms with Crippen LogP contribution in [-0.4, -0.2) is 0 Å². The highest BCUT2D eigenvalue weighted by Crippen LogP contribution is 2.11. The first-order valence-corrected chi connectivity index (χ1v) is 3.44. The second kappa shape index (κ2) is 2.91. The van der Waals surface area contributed by atoms with E-state index in [0.717, 1.165) is 6.07 Å². The minimum atomic E-state index is -0.554. The fraction of sp³-hybridized carbons (Fsp3) is 0. The maximum Gasteiger partial charge on any atom is 0.338 e. The molecule has 0 atom stereocenters. The molecule has 5 heteroatoms. The molecule has 0 saturated heterocycles. The quantitative estimate of drug-likeness (QED) is 0.563. The molecular formula is C5H2INO3. The lowest BCUT2D eigenvalue weighted by atomic mass is 10.4. The van der Waals surface area contributed by atoms with E-state index >= 15 is 0 Å². The van der Waals surface area contributed by atoms with Crippen LogP contribution in [0.4, 0.5) is 5.69 Å². The topological polar surface area (TPSA) is 59.6 Å². The molecule has 0 aromatic carbocycles. The first kappa shape index (κ1) is 7.39. The molecular weight excluding hydrogens is 249 g/mol. The number of halogens is 1. The molecule has 1 heterocycles. The molecule has 0 unspecified atom stereocenters. The van der Waals surface area contributed by atoms with Crippen molar-refractivity contribution in [1.82, 2.24) is 0 Å². The number of nitrogens with zero attached hydrogens (tertiary/aromatic N) is 1. The van der Waals surface area contributed by atoms with Crippen molar-refractivity contribution in [2.75, 3.05) is 0 Å². The van der Waals surface area contributed by atoms with Gasteiger partial charge in [-0.1, -0.05) is 0 Å². The molecule has 0 amide bonds. The van der Waals surface area contributed by atoms with Crippen molar-refractivity contribution in [3.05, 3.63) is 31.2 Å². The van der Waals surface area contributed by atoms with Crippen molar-refractivity contribution in [3.8, 4) is 0 Å². The zero-order chi connectivity index (χ0) is 7.56. The van der Waals surface area contributed by atoms with Gasteiger partial charge in [-0.2, -0.15) is 0 Å². The van der Waals surface area contributed by atoms with E-state index in [1.807, 2.05) is 0 Å². The van der Waals surface area contributed by atoms with Gasteiger partial charge in [0.1, 0.15) is 5.69 Å². The van der Waals surface area contributed by atoms with Crippen LogP contribution in [0.25, 0.3) is 0 Å². The number of hydrogen-bond acceptors (Lipinski definition) is 4. The summed E-state index contributed by atoms with van der Waals surface area (Å²) in [5, 5.41) is 2.58. The average Bonchev–Trinajstić information content (AvgIpc) is 1.85. The molecule has 10 heavy (non-hydrogen) atoms. The summed E-state index contributed by atoms with van der Waals surface area (Å²) in [6.07, 6.45) is 0. The van der Waals surface area contributed by atoms with E-state index in [-0.39, 0.29) is 5.69 Å². The monoisotopic (exact) mass is 251 g/mol. The average molecular weight is 251 g/mol. The third-order valence-electron chi connectivity index (χ3n) is 0.831. The second-order valence-electron chi connectivity index (χ2n) is 1.53. The van der Waals surface area contributed by atoms with Gasteiger partial charge in [-0.3, -0.25) is 0 Å². The molecule has 52 valence electrons. The number of rotatable bonds is 1. The van der Waals surface area contributed by atoms with Crippen molar-refractivity contribution in [1.29, 1.82) is 0 Å². The number of hydrogen-bond donors (Lipinski definition) is 0. The summed E-state index contributed by atoms with van der Waals surface area (Å²) in [5.74, 6) is 0. The van der Waals surface area contributed by atoms with E-state index in [4.69, 9.17) is 0 Å². The second-order valence-corrected chi connectivity index (χ2v) is 2.59. The molecule has 1 aromatic rings. The summed E-state index contributed by atoms with van der Waals surface area (Å²) in [6, 6.07) is 2.42. The summed E-state index contributed by atoms with van der Waals surface area (Å²) in [5.41, 5.74) is -0.456. The van der Waals surface area contributed by atoms with E-state index in [0.29, 0.717) is 3.77 Å². The Balaban J connectivity index is 3.32. The van der Waals surface area contributed by atoms with Gasteiger partial charge in [0.25, 0.3) is 0 Å². The lowest BCUT2D eigenvalue weighted by Crippen LogP contribution is -1.95. The third kappa shape index (κ3) is 1.63. The van der Waals surface area contributed by atoms with Crippen LogP contribution in [0, 0.1) is 8.67 Å². The Morgan fingerprint density at radius 3 is 2.70 bits per heavy atom. The molecule has 0 N–H and O–H groups in total. The van der Waals surface area contributed by atoms with Crippen molar-refractivity contribution in [2.45, 2.75) is 0 Å². The van der Waals surface area contributed by atoms with Crippen LogP contribution in [0.5, 0.6) is 0 Å². The Morgan fingerprint density at radius 2 is 2.20 bits per heavy atom. The Bertz CT molecular complexity index is 306. The van der Waals surface area contributed by atoms with E-state index in [9.17, 15) is 9.70 Å². The lowest BCUT2D eigenvalue weighted by molar-refractivity contribution is 0.483. The van der Waals surface area contributed by atoms with Gasteiger partial charge in [0.2, 0.25) is 0 Å². The molecule has 1 aromatic heterocycles. The molecule has 0 aliphatic heterocycles. The zero-order valence-corrected chi connectivity index (χ0v) is 6.86. The van der Waals surface area contributed by atoms with E-state index < -0.39 is 5.63 Å². The molecule has 0 saturated carbocycles. The fourth-order valence-corrected chi connectivity index (χ4v) is 1.02. The maximum absolute atomic E-state index is 10.5. The standard InChI is InChI=1S/C5H2INO3/c6-4-1-3(7-9)2-5(8)10-4/h1-2H. The Kier molecular flexibility index (Phi) is 2.15. The van der Waals surface area contributed by atoms with Crippen molar-refractivity contribution in [2.24, 2.45) is 5.18 Å². The highest BCUT2D eigenvalue weighted by Gasteiger charge is 1.96. The highest BCUT2D eigenvalue weighted by atomic mass is 127. The molecule has 4 nitrogen and oxygen atoms in total. The molecule has 1 rings (SSSR count). The molecule has 0 bridgehead atoms. The minimum absolute atomic E-state index is 0.0978. The van der Waals surface area contributed by atoms with Gasteiger partial charge in [-0.05, 0) is 27.8 Å². The Labute approximate surface area is 69.4 Å². The van der Waals surface area contributed by atoms with Crippen LogP contribution < -0.4 is 5.63 Å². The Hall–Kier alpha value is -0.720. The molecule has 0 radical (unpaired) electrons. The van der Waals surface area contributed by atoms with Crippen molar-refractivity contribution in [3.63, 3.8) is 0 Å². The fourth-order valence-electron chi connectivity index (χ4n) is 0.486. The zero-order valence-electron chi connectivity index (χ0n) is 4.70. The van der Waals surface area contributed by atoms with Crippen LogP contribution in [0.1, 0.15) is 0 Å².